The fraction of sp³-hybridized carbons (Fsp3) is 0.240. The Bertz CT molecular complexity index is 1420. The molecular weight excluding hydrogens is 438 g/mol. The predicted molar refractivity (Wildman–Crippen MR) is 132 cm³/mol. The maximum absolute atomic E-state index is 12.9. The molecule has 0 fully saturated rings. The van der Waals surface area contributed by atoms with Gasteiger partial charge >= 0.3 is 0 Å². The van der Waals surface area contributed by atoms with Gasteiger partial charge in [-0.05, 0) is 23.1 Å². The summed E-state index contributed by atoms with van der Waals surface area (Å²) in [6.45, 7) is 6.27. The highest BCUT2D eigenvalue weighted by molar-refractivity contribution is 7.13. The Morgan fingerprint density at radius 3 is 2.53 bits per heavy atom. The van der Waals surface area contributed by atoms with Gasteiger partial charge < -0.3 is 4.57 Å². The van der Waals surface area contributed by atoms with Crippen LogP contribution in [0.25, 0.3) is 22.7 Å². The molecule has 3 aromatic heterocycles. The lowest BCUT2D eigenvalue weighted by molar-refractivity contribution is -0.120. The van der Waals surface area contributed by atoms with Crippen molar-refractivity contribution in [2.75, 3.05) is 0 Å². The summed E-state index contributed by atoms with van der Waals surface area (Å²) in [5, 5.41) is 6.83. The molecule has 164 valence electrons. The van der Waals surface area contributed by atoms with Gasteiger partial charge in [-0.1, -0.05) is 57.2 Å². The highest BCUT2D eigenvalue weighted by Gasteiger charge is 2.19. The number of benzene rings is 1. The van der Waals surface area contributed by atoms with E-state index in [9.17, 15) is 9.59 Å². The van der Waals surface area contributed by atoms with Crippen LogP contribution in [0.5, 0.6) is 0 Å². The van der Waals surface area contributed by atoms with Crippen LogP contribution >= 0.6 is 22.7 Å². The first kappa shape index (κ1) is 22.2. The Morgan fingerprint density at radius 1 is 1.12 bits per heavy atom. The molecule has 0 aliphatic carbocycles. The summed E-state index contributed by atoms with van der Waals surface area (Å²) in [5.41, 5.74) is 2.29. The van der Waals surface area contributed by atoms with Crippen LogP contribution in [-0.2, 0) is 18.4 Å². The maximum atomic E-state index is 12.9. The van der Waals surface area contributed by atoms with E-state index in [1.165, 1.54) is 11.3 Å². The average Bonchev–Trinajstić information content (AvgIpc) is 3.46. The van der Waals surface area contributed by atoms with E-state index in [0.717, 1.165) is 21.7 Å². The summed E-state index contributed by atoms with van der Waals surface area (Å²) < 4.78 is 4.68. The molecule has 4 rings (SSSR count). The van der Waals surface area contributed by atoms with E-state index >= 15 is 0 Å². The fourth-order valence-electron chi connectivity index (χ4n) is 3.18. The summed E-state index contributed by atoms with van der Waals surface area (Å²) in [4.78, 5) is 26.4. The Balaban J connectivity index is 1.82. The van der Waals surface area contributed by atoms with Crippen LogP contribution in [0.3, 0.4) is 0 Å². The second kappa shape index (κ2) is 8.84. The van der Waals surface area contributed by atoms with Crippen LogP contribution in [0.1, 0.15) is 31.9 Å². The highest BCUT2D eigenvalue weighted by atomic mass is 32.1. The average molecular weight is 464 g/mol. The zero-order valence-corrected chi connectivity index (χ0v) is 20.2. The number of aromatic nitrogens is 3. The molecule has 0 aliphatic rings. The van der Waals surface area contributed by atoms with E-state index in [1.807, 2.05) is 73.4 Å². The van der Waals surface area contributed by atoms with Crippen molar-refractivity contribution in [3.8, 4) is 10.6 Å². The van der Waals surface area contributed by atoms with Gasteiger partial charge in [-0.3, -0.25) is 14.3 Å². The maximum Gasteiger partial charge on any atom is 0.268 e. The monoisotopic (exact) mass is 463 g/mol. The fourth-order valence-corrected chi connectivity index (χ4v) is 4.93. The number of hydrogen-bond donors (Lipinski definition) is 0. The van der Waals surface area contributed by atoms with Gasteiger partial charge in [0.25, 0.3) is 5.56 Å². The second-order valence-electron chi connectivity index (χ2n) is 8.67. The molecule has 0 atom stereocenters. The number of thiophene rings is 1. The minimum atomic E-state index is -0.491. The molecule has 0 spiro atoms. The third-order valence-corrected chi connectivity index (χ3v) is 7.06. The Hall–Kier alpha value is -3.03. The van der Waals surface area contributed by atoms with Gasteiger partial charge in [-0.2, -0.15) is 5.10 Å². The molecule has 0 N–H and O–H groups in total. The Morgan fingerprint density at radius 2 is 1.88 bits per heavy atom. The minimum Gasteiger partial charge on any atom is -0.302 e. The van der Waals surface area contributed by atoms with Crippen molar-refractivity contribution in [3.05, 3.63) is 84.7 Å². The van der Waals surface area contributed by atoms with Gasteiger partial charge in [0.15, 0.2) is 5.78 Å². The van der Waals surface area contributed by atoms with E-state index in [-0.39, 0.29) is 11.3 Å². The normalized spacial score (nSPS) is 13.1. The Kier molecular flexibility index (Phi) is 6.13. The molecule has 32 heavy (non-hydrogen) atoms. The van der Waals surface area contributed by atoms with Gasteiger partial charge in [-0.25, -0.2) is 0 Å². The summed E-state index contributed by atoms with van der Waals surface area (Å²) in [6.07, 6.45) is 5.43. The van der Waals surface area contributed by atoms with Crippen molar-refractivity contribution in [3.63, 3.8) is 0 Å². The minimum absolute atomic E-state index is 0.00384. The molecule has 0 radical (unpaired) electrons. The van der Waals surface area contributed by atoms with Crippen LogP contribution in [0.15, 0.2) is 58.8 Å². The molecule has 0 amide bonds. The number of hydrogen-bond acceptors (Lipinski definition) is 5. The van der Waals surface area contributed by atoms with Crippen LogP contribution < -0.4 is 14.8 Å². The topological polar surface area (TPSA) is 56.9 Å². The second-order valence-corrected chi connectivity index (χ2v) is 10.7. The van der Waals surface area contributed by atoms with Crippen LogP contribution in [-0.4, -0.2) is 20.1 Å². The van der Waals surface area contributed by atoms with Crippen LogP contribution in [0, 0.1) is 5.41 Å². The van der Waals surface area contributed by atoms with Gasteiger partial charge in [0.05, 0.1) is 16.0 Å². The molecular formula is C25H25N3O2S2. The van der Waals surface area contributed by atoms with E-state index in [1.54, 1.807) is 29.0 Å². The molecule has 0 aliphatic heterocycles. The van der Waals surface area contributed by atoms with E-state index in [4.69, 9.17) is 5.10 Å². The highest BCUT2D eigenvalue weighted by Crippen LogP contribution is 2.27. The Labute approximate surface area is 194 Å². The van der Waals surface area contributed by atoms with Gasteiger partial charge in [0, 0.05) is 30.3 Å². The molecule has 3 heterocycles. The lowest BCUT2D eigenvalue weighted by atomic mass is 9.91. The summed E-state index contributed by atoms with van der Waals surface area (Å²) in [6, 6.07) is 14.2. The number of rotatable bonds is 5. The number of thiazole rings is 1. The number of ketones is 1. The van der Waals surface area contributed by atoms with E-state index in [0.29, 0.717) is 15.7 Å². The molecule has 7 heteroatoms. The van der Waals surface area contributed by atoms with E-state index in [2.05, 4.69) is 12.1 Å². The first-order valence-electron chi connectivity index (χ1n) is 10.3. The molecule has 4 aromatic rings. The summed E-state index contributed by atoms with van der Waals surface area (Å²) in [5.74, 6) is -0.00384. The zero-order valence-electron chi connectivity index (χ0n) is 18.5. The smallest absolute Gasteiger partial charge is 0.268 e. The first-order valence-corrected chi connectivity index (χ1v) is 12.0. The molecule has 0 saturated carbocycles. The summed E-state index contributed by atoms with van der Waals surface area (Å²) in [7, 11) is 1.71. The third kappa shape index (κ3) is 4.74. The van der Waals surface area contributed by atoms with Crippen molar-refractivity contribution in [2.24, 2.45) is 12.5 Å². The SMILES string of the molecule is Cn1c(=O)/c(=C\c2cn(Cc3ccccc3)nc2-c2cccs2)s/c1=C\C(=O)C(C)(C)C. The number of Topliss-reactive ketones (excluding diaryl/α,β-unsaturated/α-hetero) is 1. The standard InChI is InChI=1S/C25H25N3O2S2/c1-25(2,3)21(29)14-22-27(4)24(30)20(32-22)13-18-16-28(15-17-9-6-5-7-10-17)26-23(18)19-11-8-12-31-19/h5-14,16H,15H2,1-4H3/b20-13+,22-14-. The van der Waals surface area contributed by atoms with E-state index < -0.39 is 5.41 Å². The van der Waals surface area contributed by atoms with Gasteiger partial charge in [0.2, 0.25) is 0 Å². The molecule has 5 nitrogen and oxygen atoms in total. The number of nitrogens with zero attached hydrogens (tertiary/aromatic N) is 3. The lowest BCUT2D eigenvalue weighted by Gasteiger charge is -2.12. The van der Waals surface area contributed by atoms with Crippen molar-refractivity contribution < 1.29 is 4.79 Å². The quantitative estimate of drug-likeness (QED) is 0.454. The van der Waals surface area contributed by atoms with Crippen molar-refractivity contribution in [2.45, 2.75) is 27.3 Å². The van der Waals surface area contributed by atoms with Crippen molar-refractivity contribution in [1.29, 1.82) is 0 Å². The van der Waals surface area contributed by atoms with Gasteiger partial charge in [0.1, 0.15) is 10.4 Å². The molecule has 0 bridgehead atoms. The molecule has 0 saturated heterocycles. The van der Waals surface area contributed by atoms with Gasteiger partial charge in [-0.15, -0.1) is 22.7 Å². The first-order chi connectivity index (χ1) is 15.2. The lowest BCUT2D eigenvalue weighted by Crippen LogP contribution is -2.30. The van der Waals surface area contributed by atoms with Crippen LogP contribution in [0.4, 0.5) is 0 Å². The number of carbonyl (C=O) groups excluding carboxylic acids is 1. The largest absolute Gasteiger partial charge is 0.302 e. The van der Waals surface area contributed by atoms with Crippen LogP contribution in [0.2, 0.25) is 0 Å². The predicted octanol–water partition coefficient (Wildman–Crippen LogP) is 3.64. The molecule has 1 aromatic carbocycles. The van der Waals surface area contributed by atoms with Crippen molar-refractivity contribution >= 4 is 40.6 Å². The zero-order chi connectivity index (χ0) is 22.9. The van der Waals surface area contributed by atoms with Crippen molar-refractivity contribution in [1.82, 2.24) is 14.3 Å². The summed E-state index contributed by atoms with van der Waals surface area (Å²) >= 11 is 2.95. The molecule has 0 unspecified atom stereocenters. The number of carbonyl (C=O) groups is 1. The third-order valence-electron chi connectivity index (χ3n) is 5.07.